The van der Waals surface area contributed by atoms with Crippen LogP contribution in [0.15, 0.2) is 41.3 Å². The molecule has 1 saturated carbocycles. The van der Waals surface area contributed by atoms with Crippen molar-refractivity contribution in [1.82, 2.24) is 5.32 Å². The third-order valence-corrected chi connectivity index (χ3v) is 7.29. The van der Waals surface area contributed by atoms with Gasteiger partial charge in [0.2, 0.25) is 5.91 Å². The van der Waals surface area contributed by atoms with E-state index in [9.17, 15) is 13.2 Å². The van der Waals surface area contributed by atoms with E-state index in [1.165, 1.54) is 0 Å². The first-order valence-corrected chi connectivity index (χ1v) is 11.7. The minimum absolute atomic E-state index is 0.0256. The maximum atomic E-state index is 12.9. The van der Waals surface area contributed by atoms with Gasteiger partial charge in [-0.05, 0) is 80.5 Å². The molecule has 6 nitrogen and oxygen atoms in total. The molecule has 7 heteroatoms. The van der Waals surface area contributed by atoms with Gasteiger partial charge in [-0.3, -0.25) is 9.52 Å². The molecule has 2 N–H and O–H groups in total. The SMILES string of the molecule is COCCCNC(=O)C1(c2ccc(NS(=O)(=O)c3cc(C)c(C)cc3C)cc2)CC1. The number of anilines is 1. The van der Waals surface area contributed by atoms with Crippen LogP contribution < -0.4 is 10.0 Å². The second-order valence-corrected chi connectivity index (χ2v) is 9.72. The van der Waals surface area contributed by atoms with Crippen LogP contribution in [0.5, 0.6) is 0 Å². The summed E-state index contributed by atoms with van der Waals surface area (Å²) in [6, 6.07) is 10.7. The van der Waals surface area contributed by atoms with E-state index in [1.54, 1.807) is 32.2 Å². The number of nitrogens with one attached hydrogen (secondary N) is 2. The fourth-order valence-corrected chi connectivity index (χ4v) is 5.02. The number of ether oxygens (including phenoxy) is 1. The van der Waals surface area contributed by atoms with Crippen LogP contribution in [0, 0.1) is 20.8 Å². The van der Waals surface area contributed by atoms with Crippen molar-refractivity contribution in [3.8, 4) is 0 Å². The van der Waals surface area contributed by atoms with Gasteiger partial charge < -0.3 is 10.1 Å². The van der Waals surface area contributed by atoms with Crippen molar-refractivity contribution in [2.75, 3.05) is 25.0 Å². The molecule has 1 aliphatic rings. The maximum Gasteiger partial charge on any atom is 0.262 e. The molecule has 0 saturated heterocycles. The van der Waals surface area contributed by atoms with E-state index in [0.717, 1.165) is 36.0 Å². The summed E-state index contributed by atoms with van der Waals surface area (Å²) in [6.07, 6.45) is 2.38. The lowest BCUT2D eigenvalue weighted by molar-refractivity contribution is -0.123. The fraction of sp³-hybridized carbons (Fsp3) is 0.435. The molecule has 2 aromatic carbocycles. The molecule has 0 atom stereocenters. The minimum Gasteiger partial charge on any atom is -0.385 e. The largest absolute Gasteiger partial charge is 0.385 e. The van der Waals surface area contributed by atoms with Crippen LogP contribution in [-0.2, 0) is 25.0 Å². The molecular formula is C23H30N2O4S. The molecule has 0 unspecified atom stereocenters. The van der Waals surface area contributed by atoms with Gasteiger partial charge >= 0.3 is 0 Å². The molecule has 0 heterocycles. The van der Waals surface area contributed by atoms with Crippen LogP contribution in [0.1, 0.15) is 41.5 Å². The Hall–Kier alpha value is -2.38. The number of amides is 1. The molecule has 0 spiro atoms. The van der Waals surface area contributed by atoms with Crippen molar-refractivity contribution in [3.05, 3.63) is 58.7 Å². The summed E-state index contributed by atoms with van der Waals surface area (Å²) in [5.41, 5.74) is 3.61. The predicted molar refractivity (Wildman–Crippen MR) is 118 cm³/mol. The topological polar surface area (TPSA) is 84.5 Å². The van der Waals surface area contributed by atoms with Gasteiger partial charge in [0.25, 0.3) is 10.0 Å². The Morgan fingerprint density at radius 1 is 1.03 bits per heavy atom. The lowest BCUT2D eigenvalue weighted by atomic mass is 9.95. The molecule has 0 bridgehead atoms. The number of methoxy groups -OCH3 is 1. The Morgan fingerprint density at radius 2 is 1.67 bits per heavy atom. The smallest absolute Gasteiger partial charge is 0.262 e. The fourth-order valence-electron chi connectivity index (χ4n) is 3.65. The van der Waals surface area contributed by atoms with Crippen LogP contribution in [0.2, 0.25) is 0 Å². The molecule has 162 valence electrons. The zero-order chi connectivity index (χ0) is 21.9. The van der Waals surface area contributed by atoms with Gasteiger partial charge in [0.05, 0.1) is 10.3 Å². The molecule has 3 rings (SSSR count). The molecule has 0 aliphatic heterocycles. The summed E-state index contributed by atoms with van der Waals surface area (Å²) in [4.78, 5) is 12.9. The molecule has 2 aromatic rings. The Kier molecular flexibility index (Phi) is 6.53. The van der Waals surface area contributed by atoms with Gasteiger partial charge in [-0.2, -0.15) is 0 Å². The highest BCUT2D eigenvalue weighted by atomic mass is 32.2. The molecule has 0 radical (unpaired) electrons. The summed E-state index contributed by atoms with van der Waals surface area (Å²) in [6.45, 7) is 6.86. The third-order valence-electron chi connectivity index (χ3n) is 5.77. The minimum atomic E-state index is -3.69. The van der Waals surface area contributed by atoms with Crippen LogP contribution in [0.25, 0.3) is 0 Å². The van der Waals surface area contributed by atoms with Crippen molar-refractivity contribution in [2.45, 2.75) is 50.3 Å². The highest BCUT2D eigenvalue weighted by molar-refractivity contribution is 7.92. The second-order valence-electron chi connectivity index (χ2n) is 8.07. The van der Waals surface area contributed by atoms with Gasteiger partial charge in [0.1, 0.15) is 0 Å². The Labute approximate surface area is 179 Å². The normalized spacial score (nSPS) is 14.9. The van der Waals surface area contributed by atoms with Gasteiger partial charge in [0.15, 0.2) is 0 Å². The third kappa shape index (κ3) is 4.68. The lowest BCUT2D eigenvalue weighted by Gasteiger charge is -2.17. The van der Waals surface area contributed by atoms with Crippen LogP contribution in [0.4, 0.5) is 5.69 Å². The number of rotatable bonds is 9. The average Bonchev–Trinajstić information content (AvgIpc) is 3.50. The summed E-state index contributed by atoms with van der Waals surface area (Å²) in [5.74, 6) is 0.0256. The second kappa shape index (κ2) is 8.78. The van der Waals surface area contributed by atoms with Crippen LogP contribution in [0.3, 0.4) is 0 Å². The molecule has 1 amide bonds. The van der Waals surface area contributed by atoms with E-state index in [0.29, 0.717) is 24.4 Å². The maximum absolute atomic E-state index is 12.9. The molecule has 30 heavy (non-hydrogen) atoms. The zero-order valence-corrected chi connectivity index (χ0v) is 18.9. The van der Waals surface area contributed by atoms with Crippen LogP contribution in [-0.4, -0.2) is 34.6 Å². The number of benzene rings is 2. The highest BCUT2D eigenvalue weighted by Crippen LogP contribution is 2.48. The van der Waals surface area contributed by atoms with Gasteiger partial charge in [0, 0.05) is 25.9 Å². The number of carbonyl (C=O) groups excluding carboxylic acids is 1. The molecule has 0 aromatic heterocycles. The molecule has 1 fully saturated rings. The van der Waals surface area contributed by atoms with E-state index < -0.39 is 15.4 Å². The zero-order valence-electron chi connectivity index (χ0n) is 18.0. The van der Waals surface area contributed by atoms with Gasteiger partial charge in [-0.15, -0.1) is 0 Å². The van der Waals surface area contributed by atoms with E-state index >= 15 is 0 Å². The summed E-state index contributed by atoms with van der Waals surface area (Å²) in [5, 5.41) is 2.98. The summed E-state index contributed by atoms with van der Waals surface area (Å²) < 4.78 is 33.4. The van der Waals surface area contributed by atoms with E-state index in [-0.39, 0.29) is 10.8 Å². The monoisotopic (exact) mass is 430 g/mol. The standard InChI is InChI=1S/C23H30N2O4S/c1-16-14-18(3)21(15-17(16)2)30(27,28)25-20-8-6-19(7-9-20)23(10-11-23)22(26)24-12-5-13-29-4/h6-9,14-15,25H,5,10-13H2,1-4H3,(H,24,26). The first-order chi connectivity index (χ1) is 14.2. The number of hydrogen-bond donors (Lipinski definition) is 2. The number of aryl methyl sites for hydroxylation is 3. The van der Waals surface area contributed by atoms with E-state index in [4.69, 9.17) is 4.74 Å². The van der Waals surface area contributed by atoms with Crippen molar-refractivity contribution in [3.63, 3.8) is 0 Å². The number of hydrogen-bond acceptors (Lipinski definition) is 4. The van der Waals surface area contributed by atoms with E-state index in [2.05, 4.69) is 10.0 Å². The molecular weight excluding hydrogens is 400 g/mol. The molecule has 1 aliphatic carbocycles. The van der Waals surface area contributed by atoms with Gasteiger partial charge in [-0.1, -0.05) is 18.2 Å². The average molecular weight is 431 g/mol. The van der Waals surface area contributed by atoms with Crippen molar-refractivity contribution in [1.29, 1.82) is 0 Å². The number of carbonyl (C=O) groups is 1. The summed E-state index contributed by atoms with van der Waals surface area (Å²) >= 11 is 0. The van der Waals surface area contributed by atoms with Crippen molar-refractivity contribution in [2.24, 2.45) is 0 Å². The van der Waals surface area contributed by atoms with Gasteiger partial charge in [-0.25, -0.2) is 8.42 Å². The van der Waals surface area contributed by atoms with Crippen molar-refractivity contribution < 1.29 is 17.9 Å². The first-order valence-electron chi connectivity index (χ1n) is 10.2. The van der Waals surface area contributed by atoms with Crippen LogP contribution >= 0.6 is 0 Å². The lowest BCUT2D eigenvalue weighted by Crippen LogP contribution is -2.35. The first kappa shape index (κ1) is 22.3. The Morgan fingerprint density at radius 3 is 2.27 bits per heavy atom. The van der Waals surface area contributed by atoms with Crippen molar-refractivity contribution >= 4 is 21.6 Å². The van der Waals surface area contributed by atoms with E-state index in [1.807, 2.05) is 32.0 Å². The predicted octanol–water partition coefficient (Wildman–Crippen LogP) is 3.60. The Balaban J connectivity index is 1.72. The quantitative estimate of drug-likeness (QED) is 0.596. The summed E-state index contributed by atoms with van der Waals surface area (Å²) in [7, 11) is -2.05. The highest BCUT2D eigenvalue weighted by Gasteiger charge is 2.51. The Bertz CT molecular complexity index is 1030. The number of sulfonamides is 1.